The molecule has 0 spiro atoms. The van der Waals surface area contributed by atoms with E-state index in [4.69, 9.17) is 4.52 Å². The van der Waals surface area contributed by atoms with Gasteiger partial charge in [-0.1, -0.05) is 49.3 Å². The molecule has 1 unspecified atom stereocenters. The van der Waals surface area contributed by atoms with Crippen LogP contribution in [0.1, 0.15) is 55.0 Å². The molecule has 6 heteroatoms. The van der Waals surface area contributed by atoms with Gasteiger partial charge in [-0.15, -0.1) is 0 Å². The molecule has 0 aliphatic heterocycles. The van der Waals surface area contributed by atoms with E-state index in [2.05, 4.69) is 10.5 Å². The Kier molecular flexibility index (Phi) is 6.95. The lowest BCUT2D eigenvalue weighted by atomic mass is 10.1. The second kappa shape index (κ2) is 9.17. The summed E-state index contributed by atoms with van der Waals surface area (Å²) in [5.74, 6) is 0.587. The number of rotatable bonds is 8. The molecule has 140 valence electrons. The van der Waals surface area contributed by atoms with Gasteiger partial charge in [-0.05, 0) is 25.3 Å². The molecule has 0 saturated heterocycles. The molecule has 1 N–H and O–H groups in total. The minimum Gasteiger partial charge on any atom is -0.361 e. The molecule has 2 rings (SSSR count). The number of aryl methyl sites for hydroxylation is 1. The Labute approximate surface area is 154 Å². The van der Waals surface area contributed by atoms with E-state index in [0.29, 0.717) is 24.8 Å². The van der Waals surface area contributed by atoms with Crippen LogP contribution in [-0.2, 0) is 4.79 Å². The molecular weight excluding hydrogens is 330 g/mol. The highest BCUT2D eigenvalue weighted by atomic mass is 16.5. The van der Waals surface area contributed by atoms with Gasteiger partial charge in [0.05, 0.1) is 6.04 Å². The van der Waals surface area contributed by atoms with Crippen molar-refractivity contribution in [2.45, 2.75) is 40.2 Å². The quantitative estimate of drug-likeness (QED) is 0.786. The Morgan fingerprint density at radius 1 is 1.19 bits per heavy atom. The molecule has 0 radical (unpaired) electrons. The van der Waals surface area contributed by atoms with E-state index in [9.17, 15) is 9.59 Å². The highest BCUT2D eigenvalue weighted by molar-refractivity contribution is 5.92. The van der Waals surface area contributed by atoms with Crippen molar-refractivity contribution in [1.82, 2.24) is 15.4 Å². The molecule has 26 heavy (non-hydrogen) atoms. The fourth-order valence-corrected chi connectivity index (χ4v) is 2.72. The van der Waals surface area contributed by atoms with Gasteiger partial charge in [0.15, 0.2) is 5.69 Å². The number of carbonyl (C=O) groups is 2. The van der Waals surface area contributed by atoms with Gasteiger partial charge in [0.1, 0.15) is 5.76 Å². The van der Waals surface area contributed by atoms with Crippen LogP contribution in [0.15, 0.2) is 40.9 Å². The molecule has 6 nitrogen and oxygen atoms in total. The summed E-state index contributed by atoms with van der Waals surface area (Å²) in [5, 5.41) is 6.77. The Bertz CT molecular complexity index is 725. The predicted octanol–water partition coefficient (Wildman–Crippen LogP) is 3.35. The minimum atomic E-state index is -0.209. The SMILES string of the molecule is Cc1cc(C(=O)N(CCC(=O)NC(C)c2ccccc2)CC(C)C)no1. The number of nitrogens with zero attached hydrogens (tertiary/aromatic N) is 2. The molecule has 0 aliphatic rings. The average molecular weight is 357 g/mol. The van der Waals surface area contributed by atoms with E-state index in [1.54, 1.807) is 17.9 Å². The summed E-state index contributed by atoms with van der Waals surface area (Å²) in [6, 6.07) is 11.3. The maximum Gasteiger partial charge on any atom is 0.276 e. The van der Waals surface area contributed by atoms with Crippen LogP contribution in [0.3, 0.4) is 0 Å². The monoisotopic (exact) mass is 357 g/mol. The molecule has 0 aliphatic carbocycles. The largest absolute Gasteiger partial charge is 0.361 e. The van der Waals surface area contributed by atoms with Gasteiger partial charge >= 0.3 is 0 Å². The van der Waals surface area contributed by atoms with Gasteiger partial charge in [-0.2, -0.15) is 0 Å². The van der Waals surface area contributed by atoms with Crippen molar-refractivity contribution in [3.8, 4) is 0 Å². The number of benzene rings is 1. The first-order chi connectivity index (χ1) is 12.4. The summed E-state index contributed by atoms with van der Waals surface area (Å²) in [4.78, 5) is 26.6. The fourth-order valence-electron chi connectivity index (χ4n) is 2.72. The van der Waals surface area contributed by atoms with Crippen LogP contribution >= 0.6 is 0 Å². The molecule has 0 bridgehead atoms. The molecule has 0 fully saturated rings. The van der Waals surface area contributed by atoms with E-state index in [1.165, 1.54) is 0 Å². The second-order valence-corrected chi connectivity index (χ2v) is 6.92. The number of aromatic nitrogens is 1. The maximum atomic E-state index is 12.6. The Balaban J connectivity index is 1.93. The Hall–Kier alpha value is -2.63. The normalized spacial score (nSPS) is 12.0. The topological polar surface area (TPSA) is 75.4 Å². The molecule has 1 aromatic heterocycles. The first kappa shape index (κ1) is 19.7. The standard InChI is InChI=1S/C20H27N3O3/c1-14(2)13-23(20(25)18-12-15(3)26-22-18)11-10-19(24)21-16(4)17-8-6-5-7-9-17/h5-9,12,14,16H,10-11,13H2,1-4H3,(H,21,24). The van der Waals surface area contributed by atoms with Gasteiger partial charge in [0.2, 0.25) is 5.91 Å². The van der Waals surface area contributed by atoms with Gasteiger partial charge < -0.3 is 14.7 Å². The van der Waals surface area contributed by atoms with E-state index < -0.39 is 0 Å². The van der Waals surface area contributed by atoms with Crippen LogP contribution in [-0.4, -0.2) is 35.0 Å². The summed E-state index contributed by atoms with van der Waals surface area (Å²) < 4.78 is 4.99. The zero-order valence-electron chi connectivity index (χ0n) is 15.9. The van der Waals surface area contributed by atoms with Gasteiger partial charge in [-0.3, -0.25) is 9.59 Å². The lowest BCUT2D eigenvalue weighted by Crippen LogP contribution is -2.38. The van der Waals surface area contributed by atoms with E-state index in [1.807, 2.05) is 51.1 Å². The first-order valence-electron chi connectivity index (χ1n) is 8.93. The lowest BCUT2D eigenvalue weighted by Gasteiger charge is -2.24. The number of carbonyl (C=O) groups excluding carboxylic acids is 2. The third-order valence-corrected chi connectivity index (χ3v) is 4.01. The van der Waals surface area contributed by atoms with Crippen LogP contribution in [0, 0.1) is 12.8 Å². The predicted molar refractivity (Wildman–Crippen MR) is 99.6 cm³/mol. The van der Waals surface area contributed by atoms with E-state index >= 15 is 0 Å². The highest BCUT2D eigenvalue weighted by Crippen LogP contribution is 2.12. The zero-order chi connectivity index (χ0) is 19.1. The van der Waals surface area contributed by atoms with Crippen molar-refractivity contribution < 1.29 is 14.1 Å². The van der Waals surface area contributed by atoms with Crippen LogP contribution in [0.25, 0.3) is 0 Å². The van der Waals surface area contributed by atoms with E-state index in [0.717, 1.165) is 5.56 Å². The second-order valence-electron chi connectivity index (χ2n) is 6.92. The third-order valence-electron chi connectivity index (χ3n) is 4.01. The number of nitrogens with one attached hydrogen (secondary N) is 1. The molecular formula is C20H27N3O3. The molecule has 1 atom stereocenters. The number of hydrogen-bond donors (Lipinski definition) is 1. The van der Waals surface area contributed by atoms with E-state index in [-0.39, 0.29) is 30.0 Å². The van der Waals surface area contributed by atoms with Crippen LogP contribution in [0.5, 0.6) is 0 Å². The highest BCUT2D eigenvalue weighted by Gasteiger charge is 2.21. The molecule has 2 aromatic rings. The van der Waals surface area contributed by atoms with Gasteiger partial charge in [-0.25, -0.2) is 0 Å². The van der Waals surface area contributed by atoms with Crippen molar-refractivity contribution in [3.63, 3.8) is 0 Å². The average Bonchev–Trinajstić information content (AvgIpc) is 3.04. The van der Waals surface area contributed by atoms with Crippen molar-refractivity contribution >= 4 is 11.8 Å². The lowest BCUT2D eigenvalue weighted by molar-refractivity contribution is -0.121. The maximum absolute atomic E-state index is 12.6. The third kappa shape index (κ3) is 5.72. The smallest absolute Gasteiger partial charge is 0.276 e. The van der Waals surface area contributed by atoms with Crippen LogP contribution < -0.4 is 5.32 Å². The summed E-state index contributed by atoms with van der Waals surface area (Å²) >= 11 is 0. The zero-order valence-corrected chi connectivity index (χ0v) is 15.9. The van der Waals surface area contributed by atoms with Crippen molar-refractivity contribution in [2.24, 2.45) is 5.92 Å². The summed E-state index contributed by atoms with van der Waals surface area (Å²) in [6.07, 6.45) is 0.243. The molecule has 0 saturated carbocycles. The van der Waals surface area contributed by atoms with Gasteiger partial charge in [0.25, 0.3) is 5.91 Å². The Morgan fingerprint density at radius 3 is 2.46 bits per heavy atom. The summed E-state index contributed by atoms with van der Waals surface area (Å²) in [5.41, 5.74) is 1.33. The van der Waals surface area contributed by atoms with Gasteiger partial charge in [0, 0.05) is 25.6 Å². The van der Waals surface area contributed by atoms with Crippen molar-refractivity contribution in [3.05, 3.63) is 53.4 Å². The fraction of sp³-hybridized carbons (Fsp3) is 0.450. The molecule has 1 heterocycles. The van der Waals surface area contributed by atoms with Crippen LogP contribution in [0.2, 0.25) is 0 Å². The van der Waals surface area contributed by atoms with Crippen molar-refractivity contribution in [1.29, 1.82) is 0 Å². The van der Waals surface area contributed by atoms with Crippen LogP contribution in [0.4, 0.5) is 0 Å². The number of amides is 2. The summed E-state index contributed by atoms with van der Waals surface area (Å²) in [7, 11) is 0. The minimum absolute atomic E-state index is 0.0730. The summed E-state index contributed by atoms with van der Waals surface area (Å²) in [6.45, 7) is 8.66. The molecule has 1 aromatic carbocycles. The first-order valence-corrected chi connectivity index (χ1v) is 8.93. The Morgan fingerprint density at radius 2 is 1.88 bits per heavy atom. The van der Waals surface area contributed by atoms with Crippen molar-refractivity contribution in [2.75, 3.05) is 13.1 Å². The molecule has 2 amide bonds. The number of hydrogen-bond acceptors (Lipinski definition) is 4.